The first kappa shape index (κ1) is 9.41. The van der Waals surface area contributed by atoms with Crippen LogP contribution in [0.15, 0.2) is 0 Å². The summed E-state index contributed by atoms with van der Waals surface area (Å²) < 4.78 is 10.3. The number of rotatable bonds is 2. The van der Waals surface area contributed by atoms with Crippen molar-refractivity contribution < 1.29 is 14.4 Å². The standard InChI is InChI=1S/C7H13NO4/c1-7(2)4-11-6(12-5-7)3-8(9)10/h6H,3-5H2,1-2H3. The molecule has 1 rings (SSSR count). The smallest absolute Gasteiger partial charge is 0.254 e. The van der Waals surface area contributed by atoms with Crippen molar-refractivity contribution in [3.05, 3.63) is 10.1 Å². The Bertz CT molecular complexity index is 170. The van der Waals surface area contributed by atoms with Crippen LogP contribution in [0.2, 0.25) is 0 Å². The highest BCUT2D eigenvalue weighted by molar-refractivity contribution is 4.70. The molecule has 0 aromatic rings. The lowest BCUT2D eigenvalue weighted by atomic mass is 9.96. The van der Waals surface area contributed by atoms with Crippen LogP contribution >= 0.6 is 0 Å². The zero-order valence-corrected chi connectivity index (χ0v) is 7.28. The van der Waals surface area contributed by atoms with E-state index in [0.29, 0.717) is 13.2 Å². The Hall–Kier alpha value is -0.680. The molecular formula is C7H13NO4. The lowest BCUT2D eigenvalue weighted by Gasteiger charge is -2.32. The van der Waals surface area contributed by atoms with Gasteiger partial charge < -0.3 is 9.47 Å². The Morgan fingerprint density at radius 3 is 2.42 bits per heavy atom. The highest BCUT2D eigenvalue weighted by Crippen LogP contribution is 2.22. The summed E-state index contributed by atoms with van der Waals surface area (Å²) in [7, 11) is 0. The molecular weight excluding hydrogens is 162 g/mol. The fourth-order valence-corrected chi connectivity index (χ4v) is 0.954. The Balaban J connectivity index is 2.31. The Morgan fingerprint density at radius 2 is 2.00 bits per heavy atom. The van der Waals surface area contributed by atoms with Crippen molar-refractivity contribution in [3.8, 4) is 0 Å². The van der Waals surface area contributed by atoms with E-state index in [1.54, 1.807) is 0 Å². The van der Waals surface area contributed by atoms with E-state index in [-0.39, 0.29) is 12.0 Å². The summed E-state index contributed by atoms with van der Waals surface area (Å²) in [6, 6.07) is 0. The minimum atomic E-state index is -0.659. The predicted molar refractivity (Wildman–Crippen MR) is 41.3 cm³/mol. The average Bonchev–Trinajstić information content (AvgIpc) is 1.93. The van der Waals surface area contributed by atoms with Gasteiger partial charge >= 0.3 is 0 Å². The van der Waals surface area contributed by atoms with Crippen LogP contribution in [-0.4, -0.2) is 31.0 Å². The molecule has 0 bridgehead atoms. The molecule has 12 heavy (non-hydrogen) atoms. The molecule has 0 aromatic carbocycles. The second-order valence-electron chi connectivity index (χ2n) is 3.73. The van der Waals surface area contributed by atoms with Crippen molar-refractivity contribution in [3.63, 3.8) is 0 Å². The van der Waals surface area contributed by atoms with Gasteiger partial charge in [0.2, 0.25) is 6.29 Å². The van der Waals surface area contributed by atoms with Crippen LogP contribution in [-0.2, 0) is 9.47 Å². The monoisotopic (exact) mass is 175 g/mol. The third-order valence-corrected chi connectivity index (χ3v) is 1.62. The summed E-state index contributed by atoms with van der Waals surface area (Å²) in [6.45, 7) is 4.76. The lowest BCUT2D eigenvalue weighted by Crippen LogP contribution is -2.40. The fourth-order valence-electron chi connectivity index (χ4n) is 0.954. The second kappa shape index (κ2) is 3.37. The molecule has 0 radical (unpaired) electrons. The van der Waals surface area contributed by atoms with Crippen LogP contribution in [0.25, 0.3) is 0 Å². The average molecular weight is 175 g/mol. The van der Waals surface area contributed by atoms with Gasteiger partial charge in [-0.2, -0.15) is 0 Å². The Kier molecular flexibility index (Phi) is 2.64. The third kappa shape index (κ3) is 2.75. The topological polar surface area (TPSA) is 61.6 Å². The highest BCUT2D eigenvalue weighted by atomic mass is 16.7. The van der Waals surface area contributed by atoms with Crippen LogP contribution in [0, 0.1) is 15.5 Å². The maximum Gasteiger partial charge on any atom is 0.254 e. The van der Waals surface area contributed by atoms with Gasteiger partial charge in [-0.15, -0.1) is 0 Å². The summed E-state index contributed by atoms with van der Waals surface area (Å²) in [5.74, 6) is 0. The summed E-state index contributed by atoms with van der Waals surface area (Å²) >= 11 is 0. The molecule has 0 N–H and O–H groups in total. The molecule has 5 nitrogen and oxygen atoms in total. The second-order valence-corrected chi connectivity index (χ2v) is 3.73. The van der Waals surface area contributed by atoms with Crippen molar-refractivity contribution in [2.24, 2.45) is 5.41 Å². The van der Waals surface area contributed by atoms with E-state index in [2.05, 4.69) is 0 Å². The quantitative estimate of drug-likeness (QED) is 0.457. The van der Waals surface area contributed by atoms with Crippen LogP contribution in [0.1, 0.15) is 13.8 Å². The van der Waals surface area contributed by atoms with Crippen LogP contribution in [0.5, 0.6) is 0 Å². The predicted octanol–water partition coefficient (Wildman–Crippen LogP) is 0.662. The molecule has 0 unspecified atom stereocenters. The first-order chi connectivity index (χ1) is 5.49. The minimum Gasteiger partial charge on any atom is -0.346 e. The maximum absolute atomic E-state index is 10.1. The van der Waals surface area contributed by atoms with Gasteiger partial charge in [0.05, 0.1) is 13.2 Å². The van der Waals surface area contributed by atoms with E-state index in [9.17, 15) is 10.1 Å². The van der Waals surface area contributed by atoms with E-state index in [1.165, 1.54) is 0 Å². The normalized spacial score (nSPS) is 23.8. The zero-order valence-electron chi connectivity index (χ0n) is 7.28. The summed E-state index contributed by atoms with van der Waals surface area (Å²) in [5.41, 5.74) is -0.0207. The number of nitrogens with zero attached hydrogens (tertiary/aromatic N) is 1. The van der Waals surface area contributed by atoms with E-state index < -0.39 is 11.2 Å². The van der Waals surface area contributed by atoms with Crippen molar-refractivity contribution in [2.75, 3.05) is 19.8 Å². The molecule has 1 heterocycles. The molecule has 0 aliphatic carbocycles. The number of hydrogen-bond acceptors (Lipinski definition) is 4. The first-order valence-corrected chi connectivity index (χ1v) is 3.85. The largest absolute Gasteiger partial charge is 0.346 e. The van der Waals surface area contributed by atoms with Gasteiger partial charge in [0.25, 0.3) is 6.54 Å². The fraction of sp³-hybridized carbons (Fsp3) is 1.00. The van der Waals surface area contributed by atoms with Crippen molar-refractivity contribution >= 4 is 0 Å². The van der Waals surface area contributed by atoms with E-state index in [0.717, 1.165) is 0 Å². The molecule has 5 heteroatoms. The van der Waals surface area contributed by atoms with Gasteiger partial charge in [-0.25, -0.2) is 0 Å². The van der Waals surface area contributed by atoms with E-state index in [1.807, 2.05) is 13.8 Å². The van der Waals surface area contributed by atoms with E-state index in [4.69, 9.17) is 9.47 Å². The van der Waals surface area contributed by atoms with Crippen LogP contribution < -0.4 is 0 Å². The van der Waals surface area contributed by atoms with E-state index >= 15 is 0 Å². The van der Waals surface area contributed by atoms with Crippen molar-refractivity contribution in [2.45, 2.75) is 20.1 Å². The van der Waals surface area contributed by atoms with Gasteiger partial charge in [0, 0.05) is 10.3 Å². The maximum atomic E-state index is 10.1. The third-order valence-electron chi connectivity index (χ3n) is 1.62. The molecule has 0 amide bonds. The number of ether oxygens (including phenoxy) is 2. The van der Waals surface area contributed by atoms with Gasteiger partial charge in [-0.3, -0.25) is 10.1 Å². The van der Waals surface area contributed by atoms with Crippen molar-refractivity contribution in [1.29, 1.82) is 0 Å². The molecule has 1 aliphatic heterocycles. The summed E-state index contributed by atoms with van der Waals surface area (Å²) in [4.78, 5) is 9.65. The van der Waals surface area contributed by atoms with Crippen LogP contribution in [0.4, 0.5) is 0 Å². The highest BCUT2D eigenvalue weighted by Gasteiger charge is 2.30. The van der Waals surface area contributed by atoms with Crippen molar-refractivity contribution in [1.82, 2.24) is 0 Å². The first-order valence-electron chi connectivity index (χ1n) is 3.85. The zero-order chi connectivity index (χ0) is 9.19. The lowest BCUT2D eigenvalue weighted by molar-refractivity contribution is -0.509. The minimum absolute atomic E-state index is 0.0207. The molecule has 1 aliphatic rings. The van der Waals surface area contributed by atoms with Gasteiger partial charge in [0.1, 0.15) is 0 Å². The Labute approximate surface area is 70.8 Å². The SMILES string of the molecule is CC1(C)COC(C[N+](=O)[O-])OC1. The number of hydrogen-bond donors (Lipinski definition) is 0. The van der Waals surface area contributed by atoms with Gasteiger partial charge in [-0.1, -0.05) is 13.8 Å². The molecule has 0 spiro atoms. The van der Waals surface area contributed by atoms with Gasteiger partial charge in [0.15, 0.2) is 0 Å². The molecule has 1 fully saturated rings. The number of nitro groups is 1. The Morgan fingerprint density at radius 1 is 1.50 bits per heavy atom. The molecule has 1 saturated heterocycles. The molecule has 0 atom stereocenters. The molecule has 0 saturated carbocycles. The molecule has 70 valence electrons. The van der Waals surface area contributed by atoms with Gasteiger partial charge in [-0.05, 0) is 0 Å². The molecule has 0 aromatic heterocycles. The van der Waals surface area contributed by atoms with Crippen LogP contribution in [0.3, 0.4) is 0 Å². The summed E-state index contributed by atoms with van der Waals surface area (Å²) in [6.07, 6.45) is -0.659. The summed E-state index contributed by atoms with van der Waals surface area (Å²) in [5, 5.41) is 10.1.